The number of nitrogens with zero attached hydrogens (tertiary/aromatic N) is 6. The van der Waals surface area contributed by atoms with Crippen LogP contribution in [0.15, 0.2) is 206 Å². The number of unbranched alkanes of at least 4 members (excludes halogenated alkanes) is 2. The lowest BCUT2D eigenvalue weighted by Crippen LogP contribution is -2.54. The molecule has 0 spiro atoms. The number of thiazole rings is 2. The van der Waals surface area contributed by atoms with E-state index in [1.165, 1.54) is 36.9 Å². The number of carbonyl (C=O) groups is 2. The lowest BCUT2D eigenvalue weighted by Gasteiger charge is -2.24. The average Bonchev–Trinajstić information content (AvgIpc) is 1.52. The summed E-state index contributed by atoms with van der Waals surface area (Å²) in [6, 6.07) is 68.9. The summed E-state index contributed by atoms with van der Waals surface area (Å²) < 4.78 is 160. The fraction of sp³-hybridized carbons (Fsp3) is 0.162. The van der Waals surface area contributed by atoms with Crippen molar-refractivity contribution in [2.75, 3.05) is 38.9 Å². The summed E-state index contributed by atoms with van der Waals surface area (Å²) in [7, 11) is -6.23. The number of amides is 2. The Labute approximate surface area is 601 Å². The first-order chi connectivity index (χ1) is 50.0. The number of hydrogen-bond donors (Lipinski definition) is 2. The van der Waals surface area contributed by atoms with Gasteiger partial charge < -0.3 is 27.9 Å². The van der Waals surface area contributed by atoms with Crippen LogP contribution in [-0.2, 0) is 29.6 Å². The molecule has 4 heterocycles. The van der Waals surface area contributed by atoms with E-state index in [1.807, 2.05) is 158 Å². The Morgan fingerprint density at radius 1 is 0.471 bits per heavy atom. The highest BCUT2D eigenvalue weighted by Gasteiger charge is 2.43. The molecule has 0 aliphatic rings. The van der Waals surface area contributed by atoms with Gasteiger partial charge in [0.15, 0.2) is 0 Å². The van der Waals surface area contributed by atoms with Gasteiger partial charge in [0.25, 0.3) is 0 Å². The van der Waals surface area contributed by atoms with Gasteiger partial charge in [-0.15, -0.1) is 22.7 Å². The number of halogens is 6. The number of nitrogens with one attached hydrogen (secondary N) is 2. The van der Waals surface area contributed by atoms with Crippen LogP contribution in [0.25, 0.3) is 64.9 Å². The van der Waals surface area contributed by atoms with Crippen LogP contribution in [-0.4, -0.2) is 113 Å². The molecule has 18 nitrogen and oxygen atoms in total. The number of rotatable bonds is 26. The number of sulfonamides is 2. The lowest BCUT2D eigenvalue weighted by atomic mass is 9.50. The number of nitriles is 2. The van der Waals surface area contributed by atoms with Crippen LogP contribution in [0.2, 0.25) is 0 Å². The van der Waals surface area contributed by atoms with Crippen LogP contribution in [0.5, 0.6) is 23.0 Å². The summed E-state index contributed by atoms with van der Waals surface area (Å²) in [5.41, 5.74) is 6.36. The summed E-state index contributed by atoms with van der Waals surface area (Å²) >= 11 is 2.56. The summed E-state index contributed by atoms with van der Waals surface area (Å²) in [6.45, 7) is -1.83. The van der Waals surface area contributed by atoms with Crippen LogP contribution in [0.4, 0.5) is 26.3 Å². The van der Waals surface area contributed by atoms with Gasteiger partial charge in [-0.3, -0.25) is 9.59 Å². The molecule has 0 aliphatic carbocycles. The first-order valence-electron chi connectivity index (χ1n) is 32.1. The molecule has 12 rings (SSSR count). The average molecular weight is 1480 g/mol. The highest BCUT2D eigenvalue weighted by Crippen LogP contribution is 2.40. The zero-order valence-electron chi connectivity index (χ0n) is 55.1. The van der Waals surface area contributed by atoms with Crippen LogP contribution >= 0.6 is 22.7 Å². The molecule has 0 atom stereocenters. The van der Waals surface area contributed by atoms with Crippen LogP contribution < -0.4 is 60.9 Å². The maximum atomic E-state index is 13.0. The third-order valence-corrected chi connectivity index (χ3v) is 21.6. The van der Waals surface area contributed by atoms with Gasteiger partial charge in [-0.25, -0.2) is 36.2 Å². The Morgan fingerprint density at radius 2 is 0.788 bits per heavy atom. The first kappa shape index (κ1) is 72.6. The number of methoxy groups -OCH3 is 2. The minimum absolute atomic E-state index is 0.0459. The molecule has 30 heteroatoms. The van der Waals surface area contributed by atoms with Gasteiger partial charge in [0.05, 0.1) is 70.1 Å². The van der Waals surface area contributed by atoms with Crippen molar-refractivity contribution < 1.29 is 71.7 Å². The second-order valence-corrected chi connectivity index (χ2v) is 29.4. The molecule has 526 valence electrons. The molecule has 2 amide bonds. The van der Waals surface area contributed by atoms with Crippen molar-refractivity contribution in [2.45, 2.75) is 38.0 Å². The van der Waals surface area contributed by atoms with E-state index in [0.717, 1.165) is 40.7 Å². The number of benzene rings is 8. The third-order valence-electron chi connectivity index (χ3n) is 16.9. The molecule has 0 bridgehead atoms. The number of fused-ring (bicyclic) bond motifs is 3. The summed E-state index contributed by atoms with van der Waals surface area (Å²) in [4.78, 5) is 33.5. The van der Waals surface area contributed by atoms with Crippen LogP contribution in [0.3, 0.4) is 0 Å². The smallest absolute Gasteiger partial charge is 0.472 e. The molecule has 0 saturated heterocycles. The van der Waals surface area contributed by atoms with Crippen LogP contribution in [0, 0.1) is 22.7 Å². The molecule has 4 aromatic heterocycles. The molecule has 12 aromatic rings. The highest BCUT2D eigenvalue weighted by atomic mass is 32.2. The van der Waals surface area contributed by atoms with Crippen molar-refractivity contribution in [3.63, 3.8) is 0 Å². The van der Waals surface area contributed by atoms with Crippen molar-refractivity contribution in [1.29, 1.82) is 10.5 Å². The van der Waals surface area contributed by atoms with Gasteiger partial charge >= 0.3 is 37.9 Å². The molecule has 0 radical (unpaired) electrons. The van der Waals surface area contributed by atoms with Crippen molar-refractivity contribution in [3.05, 3.63) is 227 Å². The van der Waals surface area contributed by atoms with Gasteiger partial charge in [-0.1, -0.05) is 143 Å². The molecule has 0 unspecified atom stereocenters. The van der Waals surface area contributed by atoms with Gasteiger partial charge in [-0.05, 0) is 110 Å². The van der Waals surface area contributed by atoms with Crippen molar-refractivity contribution >= 4 is 132 Å². The monoisotopic (exact) mass is 1480 g/mol. The zero-order chi connectivity index (χ0) is 73.5. The summed E-state index contributed by atoms with van der Waals surface area (Å²) in [5, 5.41) is 27.2. The minimum Gasteiger partial charge on any atom is -0.497 e. The predicted octanol–water partition coefficient (Wildman–Crippen LogP) is 10.1. The number of alkyl halides is 6. The van der Waals surface area contributed by atoms with Crippen molar-refractivity contribution in [1.82, 2.24) is 28.4 Å². The molecule has 0 saturated carbocycles. The zero-order valence-corrected chi connectivity index (χ0v) is 58.4. The largest absolute Gasteiger partial charge is 0.497 e. The van der Waals surface area contributed by atoms with E-state index in [2.05, 4.69) is 21.1 Å². The number of ether oxygens (including phenoxy) is 4. The standard InChI is InChI=1S/C74H58B2F6N8O10S4/c1-97-55-35-37-61-59(43-55)85-69(101-61)57(45-83)67-63-64(66(89(67)75(49-19-7-3-8-20-49)50-21-9-4-10-22-50)48-29-33-54(34-30-48)100-40-16-18-42-104(95,96)88-72(92)74(80,81)82)68(58(46-84)70-86-60-44-56(98-2)36-38-62(60)102-70)90(76(51-23-11-5-12-24-51)52-25-13-6-14-26-52)65(63)47-27-31-53(32-28-47)99-39-15-17-41-103(93,94)87-71(91)73(77,78)79/h3-14,19-38,43-44H,15-18,39-42H2,1-2H3,(H,87,91)(H,88,92)/b67-57+,68-58+. The molecule has 0 aliphatic heterocycles. The Kier molecular flexibility index (Phi) is 21.5. The Balaban J connectivity index is 1.20. The highest BCUT2D eigenvalue weighted by molar-refractivity contribution is 7.90. The van der Waals surface area contributed by atoms with E-state index in [9.17, 15) is 63.3 Å². The van der Waals surface area contributed by atoms with Gasteiger partial charge in [-0.2, -0.15) is 36.9 Å². The molecule has 8 aromatic carbocycles. The molecule has 0 fully saturated rings. The van der Waals surface area contributed by atoms with Crippen molar-refractivity contribution in [2.24, 2.45) is 0 Å². The Morgan fingerprint density at radius 3 is 1.09 bits per heavy atom. The SMILES string of the molecule is COc1ccc2sc(/C(C#N)=c3\c4c(-c5ccc(OCCCCS(=O)(=O)NC(=O)C(F)(F)F)cc5)n(B(c5ccccc5)c5ccccc5)/c(=C(\C#N)c5nc6cc(OC)ccc6s5)c4c(-c4ccc(OCCCCS(=O)(=O)NC(=O)C(F)(F)F)cc4)n3B(c3ccccc3)c3ccccc3)nc2c1. The van der Waals surface area contributed by atoms with E-state index in [0.29, 0.717) is 88.0 Å². The van der Waals surface area contributed by atoms with E-state index >= 15 is 0 Å². The number of hydrogen-bond acceptors (Lipinski definition) is 16. The molecule has 104 heavy (non-hydrogen) atoms. The maximum absolute atomic E-state index is 13.0. The number of carbonyl (C=O) groups excluding carboxylic acids is 2. The van der Waals surface area contributed by atoms with E-state index in [1.54, 1.807) is 48.5 Å². The quantitative estimate of drug-likeness (QED) is 0.0291. The second-order valence-electron chi connectivity index (χ2n) is 23.7. The summed E-state index contributed by atoms with van der Waals surface area (Å²) in [6.07, 6.45) is -11.1. The van der Waals surface area contributed by atoms with E-state index < -0.39 is 69.4 Å². The Hall–Kier alpha value is -11.2. The Bertz CT molecular complexity index is 5220. The third kappa shape index (κ3) is 15.9. The summed E-state index contributed by atoms with van der Waals surface area (Å²) in [5.74, 6) is -5.16. The number of aromatic nitrogens is 4. The van der Waals surface area contributed by atoms with E-state index in [4.69, 9.17) is 28.9 Å². The van der Waals surface area contributed by atoms with Gasteiger partial charge in [0, 0.05) is 34.3 Å². The molecular formula is C74H58B2F6N8O10S4. The lowest BCUT2D eigenvalue weighted by molar-refractivity contribution is -0.171. The normalized spacial score (nSPS) is 12.5. The van der Waals surface area contributed by atoms with E-state index in [-0.39, 0.29) is 50.0 Å². The molecular weight excluding hydrogens is 1420 g/mol. The fourth-order valence-electron chi connectivity index (χ4n) is 12.3. The van der Waals surface area contributed by atoms with Crippen molar-refractivity contribution in [3.8, 4) is 57.7 Å². The predicted molar refractivity (Wildman–Crippen MR) is 391 cm³/mol. The topological polar surface area (TPSA) is 247 Å². The minimum atomic E-state index is -5.42. The second kappa shape index (κ2) is 30.8. The maximum Gasteiger partial charge on any atom is 0.472 e. The van der Waals surface area contributed by atoms with Gasteiger partial charge in [0.2, 0.25) is 20.0 Å². The molecule has 2 N–H and O–H groups in total. The fourth-order valence-corrected chi connectivity index (χ4v) is 16.3. The van der Waals surface area contributed by atoms with Gasteiger partial charge in [0.1, 0.15) is 56.3 Å². The van der Waals surface area contributed by atoms with Crippen LogP contribution in [0.1, 0.15) is 35.7 Å². The first-order valence-corrected chi connectivity index (χ1v) is 37.1.